The molecule has 3 N–H and O–H groups in total. The van der Waals surface area contributed by atoms with E-state index in [4.69, 9.17) is 37.0 Å². The van der Waals surface area contributed by atoms with Gasteiger partial charge in [-0.25, -0.2) is 9.13 Å². The zero-order chi connectivity index (χ0) is 76.4. The topological polar surface area (TPSA) is 237 Å². The Kier molecular flexibility index (Phi) is 75.0. The van der Waals surface area contributed by atoms with Crippen LogP contribution in [-0.4, -0.2) is 96.7 Å². The van der Waals surface area contributed by atoms with Crippen molar-refractivity contribution in [3.05, 3.63) is 0 Å². The summed E-state index contributed by atoms with van der Waals surface area (Å²) < 4.78 is 68.9. The Morgan fingerprint density at radius 3 is 0.654 bits per heavy atom. The van der Waals surface area contributed by atoms with Crippen LogP contribution in [0.1, 0.15) is 452 Å². The van der Waals surface area contributed by atoms with Crippen molar-refractivity contribution >= 4 is 39.5 Å². The Morgan fingerprint density at radius 2 is 0.442 bits per heavy atom. The average Bonchev–Trinajstić information content (AvgIpc) is 0.908. The molecule has 0 aromatic rings. The first-order valence-corrected chi connectivity index (χ1v) is 47.0. The first kappa shape index (κ1) is 102. The molecule has 0 aromatic carbocycles. The molecule has 0 aromatic heterocycles. The van der Waals surface area contributed by atoms with Crippen LogP contribution in [0, 0.1) is 11.8 Å². The SMILES string of the molecule is CCCCCCCCCCCCCCCCCCCCCCCCC(=O)O[C@H](COC(=O)CCCCCCCCCCCCCCCCC(C)C)COP(=O)(O)OC[C@@H](O)COP(=O)(O)OC[C@@H](COC(=O)CCCCCCCCCCCC(C)C)OC(=O)CCCCCCCCCCCCCCC. The molecule has 0 aliphatic rings. The van der Waals surface area contributed by atoms with Gasteiger partial charge in [-0.2, -0.15) is 0 Å². The van der Waals surface area contributed by atoms with Crippen LogP contribution in [0.25, 0.3) is 0 Å². The van der Waals surface area contributed by atoms with Gasteiger partial charge in [0.25, 0.3) is 0 Å². The van der Waals surface area contributed by atoms with Crippen LogP contribution < -0.4 is 0 Å². The van der Waals surface area contributed by atoms with E-state index in [1.165, 1.54) is 270 Å². The second-order valence-corrected chi connectivity index (χ2v) is 34.4. The molecule has 0 aliphatic heterocycles. The molecule has 0 spiro atoms. The predicted octanol–water partition coefficient (Wildman–Crippen LogP) is 25.8. The monoisotopic (exact) mass is 1520 g/mol. The molecule has 0 heterocycles. The number of rotatable bonds is 84. The van der Waals surface area contributed by atoms with Gasteiger partial charge in [-0.3, -0.25) is 37.3 Å². The largest absolute Gasteiger partial charge is 0.472 e. The second-order valence-electron chi connectivity index (χ2n) is 31.5. The van der Waals surface area contributed by atoms with Crippen molar-refractivity contribution in [3.8, 4) is 0 Å². The molecule has 0 rings (SSSR count). The number of esters is 4. The third kappa shape index (κ3) is 78.2. The van der Waals surface area contributed by atoms with Crippen molar-refractivity contribution in [3.63, 3.8) is 0 Å². The fraction of sp³-hybridized carbons (Fsp3) is 0.953. The van der Waals surface area contributed by atoms with Crippen LogP contribution in [0.2, 0.25) is 0 Å². The first-order valence-electron chi connectivity index (χ1n) is 44.0. The Labute approximate surface area is 638 Å². The summed E-state index contributed by atoms with van der Waals surface area (Å²) in [5.41, 5.74) is 0. The van der Waals surface area contributed by atoms with E-state index in [0.29, 0.717) is 25.7 Å². The highest BCUT2D eigenvalue weighted by molar-refractivity contribution is 7.47. The summed E-state index contributed by atoms with van der Waals surface area (Å²) in [6, 6.07) is 0. The maximum atomic E-state index is 13.1. The van der Waals surface area contributed by atoms with Crippen molar-refractivity contribution in [1.29, 1.82) is 0 Å². The lowest BCUT2D eigenvalue weighted by molar-refractivity contribution is -0.161. The van der Waals surface area contributed by atoms with Gasteiger partial charge >= 0.3 is 39.5 Å². The van der Waals surface area contributed by atoms with E-state index in [9.17, 15) is 43.2 Å². The molecule has 0 fully saturated rings. The number of unbranched alkanes of at least 4 members (excludes halogenated alkanes) is 54. The summed E-state index contributed by atoms with van der Waals surface area (Å²) in [4.78, 5) is 73.2. The van der Waals surface area contributed by atoms with Gasteiger partial charge in [0.05, 0.1) is 26.4 Å². The lowest BCUT2D eigenvalue weighted by Gasteiger charge is -2.21. The molecule has 19 heteroatoms. The summed E-state index contributed by atoms with van der Waals surface area (Å²) in [5, 5.41) is 10.7. The zero-order valence-corrected chi connectivity index (χ0v) is 70.1. The van der Waals surface area contributed by atoms with Crippen molar-refractivity contribution in [2.75, 3.05) is 39.6 Å². The highest BCUT2D eigenvalue weighted by Crippen LogP contribution is 2.45. The highest BCUT2D eigenvalue weighted by atomic mass is 31.2. The number of hydrogen-bond donors (Lipinski definition) is 3. The lowest BCUT2D eigenvalue weighted by Crippen LogP contribution is -2.30. The minimum atomic E-state index is -4.97. The molecule has 0 aliphatic carbocycles. The Hall–Kier alpha value is -1.94. The minimum absolute atomic E-state index is 0.108. The fourth-order valence-corrected chi connectivity index (χ4v) is 14.8. The number of ether oxygens (including phenoxy) is 4. The molecule has 2 unspecified atom stereocenters. The second kappa shape index (κ2) is 76.4. The maximum absolute atomic E-state index is 13.1. The van der Waals surface area contributed by atoms with Gasteiger partial charge in [-0.15, -0.1) is 0 Å². The van der Waals surface area contributed by atoms with E-state index in [-0.39, 0.29) is 25.7 Å². The number of aliphatic hydroxyl groups excluding tert-OH is 1. The molecule has 5 atom stereocenters. The van der Waals surface area contributed by atoms with Crippen molar-refractivity contribution in [1.82, 2.24) is 0 Å². The van der Waals surface area contributed by atoms with E-state index in [2.05, 4.69) is 41.5 Å². The average molecular weight is 1520 g/mol. The maximum Gasteiger partial charge on any atom is 0.472 e. The van der Waals surface area contributed by atoms with E-state index in [0.717, 1.165) is 102 Å². The molecule has 0 bridgehead atoms. The van der Waals surface area contributed by atoms with E-state index < -0.39 is 97.5 Å². The smallest absolute Gasteiger partial charge is 0.462 e. The molecule has 0 saturated carbocycles. The lowest BCUT2D eigenvalue weighted by atomic mass is 10.0. The summed E-state index contributed by atoms with van der Waals surface area (Å²) in [5.74, 6) is -0.560. The quantitative estimate of drug-likeness (QED) is 0.0222. The Balaban J connectivity index is 5.23. The van der Waals surface area contributed by atoms with Crippen LogP contribution in [0.3, 0.4) is 0 Å². The first-order chi connectivity index (χ1) is 50.4. The predicted molar refractivity (Wildman–Crippen MR) is 428 cm³/mol. The van der Waals surface area contributed by atoms with E-state index in [1.807, 2.05) is 0 Å². The summed E-state index contributed by atoms with van der Waals surface area (Å²) in [6.45, 7) is 9.67. The molecular weight excluding hydrogens is 1350 g/mol. The minimum Gasteiger partial charge on any atom is -0.462 e. The number of aliphatic hydroxyl groups is 1. The van der Waals surface area contributed by atoms with E-state index in [1.54, 1.807) is 0 Å². The van der Waals surface area contributed by atoms with Gasteiger partial charge in [0.2, 0.25) is 0 Å². The van der Waals surface area contributed by atoms with Gasteiger partial charge in [-0.1, -0.05) is 401 Å². The van der Waals surface area contributed by atoms with Gasteiger partial charge in [0.15, 0.2) is 12.2 Å². The number of phosphoric ester groups is 2. The van der Waals surface area contributed by atoms with Crippen LogP contribution in [0.15, 0.2) is 0 Å². The molecule has 618 valence electrons. The molecular formula is C85H166O17P2. The van der Waals surface area contributed by atoms with Gasteiger partial charge in [0, 0.05) is 25.7 Å². The number of phosphoric acid groups is 2. The highest BCUT2D eigenvalue weighted by Gasteiger charge is 2.30. The van der Waals surface area contributed by atoms with Gasteiger partial charge < -0.3 is 33.8 Å². The molecule has 0 saturated heterocycles. The van der Waals surface area contributed by atoms with Gasteiger partial charge in [-0.05, 0) is 37.5 Å². The van der Waals surface area contributed by atoms with Crippen molar-refractivity contribution in [2.45, 2.75) is 471 Å². The number of carbonyl (C=O) groups is 4. The normalized spacial score (nSPS) is 13.8. The molecule has 17 nitrogen and oxygen atoms in total. The summed E-state index contributed by atoms with van der Waals surface area (Å²) >= 11 is 0. The van der Waals surface area contributed by atoms with Crippen LogP contribution in [0.5, 0.6) is 0 Å². The Morgan fingerprint density at radius 1 is 0.260 bits per heavy atom. The van der Waals surface area contributed by atoms with Gasteiger partial charge in [0.1, 0.15) is 19.3 Å². The standard InChI is InChI=1S/C85H166O17P2/c1-7-9-11-13-15-17-19-21-22-23-24-25-26-27-28-29-35-39-45-52-58-64-70-85(90)101-80(73-95-82(87)67-61-55-49-43-37-34-31-30-33-36-41-47-53-59-65-77(3)4)75-99-103(91,92)97-71-79(86)72-98-104(93,94)100-76-81(74-96-83(88)68-62-56-50-46-40-42-48-54-60-66-78(5)6)102-84(89)69-63-57-51-44-38-32-20-18-16-14-12-10-8-2/h77-81,86H,7-76H2,1-6H3,(H,91,92)(H,93,94)/t79-,80-,81-/m1/s1. The molecule has 0 radical (unpaired) electrons. The van der Waals surface area contributed by atoms with Crippen LogP contribution in [0.4, 0.5) is 0 Å². The Bertz CT molecular complexity index is 1990. The summed E-state index contributed by atoms with van der Waals surface area (Å²) in [6.07, 6.45) is 68.1. The van der Waals surface area contributed by atoms with Crippen LogP contribution >= 0.6 is 15.6 Å². The fourth-order valence-electron chi connectivity index (χ4n) is 13.2. The number of carbonyl (C=O) groups excluding carboxylic acids is 4. The molecule has 104 heavy (non-hydrogen) atoms. The van der Waals surface area contributed by atoms with E-state index >= 15 is 0 Å². The van der Waals surface area contributed by atoms with Crippen molar-refractivity contribution < 1.29 is 80.2 Å². The zero-order valence-electron chi connectivity index (χ0n) is 68.3. The third-order valence-electron chi connectivity index (χ3n) is 20.0. The van der Waals surface area contributed by atoms with Crippen molar-refractivity contribution in [2.24, 2.45) is 11.8 Å². The number of hydrogen-bond acceptors (Lipinski definition) is 15. The molecule has 0 amide bonds. The van der Waals surface area contributed by atoms with Crippen LogP contribution in [-0.2, 0) is 65.4 Å². The summed E-state index contributed by atoms with van der Waals surface area (Å²) in [7, 11) is -9.93. The third-order valence-corrected chi connectivity index (χ3v) is 21.9.